The van der Waals surface area contributed by atoms with Crippen LogP contribution in [0.1, 0.15) is 99.6 Å². The maximum atomic E-state index is 10.5. The lowest BCUT2D eigenvalue weighted by molar-refractivity contribution is 0.189. The zero-order chi connectivity index (χ0) is 29.0. The van der Waals surface area contributed by atoms with Crippen LogP contribution in [-0.4, -0.2) is 47.5 Å². The summed E-state index contributed by atoms with van der Waals surface area (Å²) in [6.07, 6.45) is 11.8. The number of nitrogens with one attached hydrogen (secondary N) is 3. The number of phenols is 1. The van der Waals surface area contributed by atoms with E-state index in [1.807, 2.05) is 19.1 Å². The highest BCUT2D eigenvalue weighted by Crippen LogP contribution is 2.38. The van der Waals surface area contributed by atoms with Gasteiger partial charge in [0.15, 0.2) is 11.5 Å². The molecule has 0 amide bonds. The van der Waals surface area contributed by atoms with Crippen molar-refractivity contribution in [2.24, 2.45) is 5.92 Å². The van der Waals surface area contributed by atoms with Gasteiger partial charge in [0.1, 0.15) is 18.1 Å². The van der Waals surface area contributed by atoms with Crippen molar-refractivity contribution in [2.45, 2.75) is 96.6 Å². The number of aromatic hydroxyl groups is 1. The molecule has 1 aliphatic carbocycles. The molecule has 3 atom stereocenters. The van der Waals surface area contributed by atoms with Gasteiger partial charge in [-0.3, -0.25) is 0 Å². The minimum Gasteiger partial charge on any atom is -0.504 e. The number of likely N-dealkylation sites (N-methyl/N-ethyl adjacent to an activating group) is 1. The fraction of sp³-hybridized carbons (Fsp3) is 0.588. The smallest absolute Gasteiger partial charge is 0.161 e. The van der Waals surface area contributed by atoms with Crippen LogP contribution in [0.3, 0.4) is 0 Å². The number of phenolic OH excluding ortho intramolecular Hbond substituents is 1. The van der Waals surface area contributed by atoms with Crippen molar-refractivity contribution in [2.75, 3.05) is 26.2 Å². The highest BCUT2D eigenvalue weighted by Gasteiger charge is 2.28. The van der Waals surface area contributed by atoms with E-state index in [-0.39, 0.29) is 17.9 Å². The Hall–Kier alpha value is -2.74. The summed E-state index contributed by atoms with van der Waals surface area (Å²) in [6, 6.07) is 12.0. The second kappa shape index (κ2) is 16.0. The van der Waals surface area contributed by atoms with Crippen LogP contribution in [0.5, 0.6) is 11.5 Å². The quantitative estimate of drug-likeness (QED) is 0.122. The molecule has 226 valence electrons. The number of aliphatic hydroxyl groups excluding tert-OH is 1. The van der Waals surface area contributed by atoms with E-state index in [9.17, 15) is 10.2 Å². The third-order valence-corrected chi connectivity index (χ3v) is 8.34. The van der Waals surface area contributed by atoms with E-state index in [0.29, 0.717) is 30.7 Å². The molecule has 1 fully saturated rings. The lowest BCUT2D eigenvalue weighted by Crippen LogP contribution is -2.31. The van der Waals surface area contributed by atoms with Crippen LogP contribution in [0, 0.1) is 5.92 Å². The van der Waals surface area contributed by atoms with Gasteiger partial charge < -0.3 is 35.0 Å². The Morgan fingerprint density at radius 3 is 2.54 bits per heavy atom. The van der Waals surface area contributed by atoms with E-state index in [2.05, 4.69) is 53.9 Å². The van der Waals surface area contributed by atoms with Crippen molar-refractivity contribution in [3.63, 3.8) is 0 Å². The van der Waals surface area contributed by atoms with Gasteiger partial charge >= 0.3 is 0 Å². The number of H-pyrrole nitrogens is 1. The number of furan rings is 1. The number of benzene rings is 1. The molecule has 1 aromatic carbocycles. The maximum absolute atomic E-state index is 10.5. The third kappa shape index (κ3) is 9.38. The second-order valence-electron chi connectivity index (χ2n) is 11.7. The molecule has 5 N–H and O–H groups in total. The van der Waals surface area contributed by atoms with Gasteiger partial charge in [0.2, 0.25) is 0 Å². The third-order valence-electron chi connectivity index (χ3n) is 8.34. The molecule has 0 unspecified atom stereocenters. The van der Waals surface area contributed by atoms with Crippen LogP contribution in [0.2, 0.25) is 0 Å². The molecule has 0 radical (unpaired) electrons. The molecule has 0 aliphatic heterocycles. The monoisotopic (exact) mass is 565 g/mol. The summed E-state index contributed by atoms with van der Waals surface area (Å²) >= 11 is 0. The Labute approximate surface area is 246 Å². The molecule has 7 heteroatoms. The Morgan fingerprint density at radius 2 is 1.80 bits per heavy atom. The second-order valence-corrected chi connectivity index (χ2v) is 11.7. The van der Waals surface area contributed by atoms with E-state index in [1.54, 1.807) is 6.07 Å². The zero-order valence-corrected chi connectivity index (χ0v) is 25.3. The number of aliphatic hydroxyl groups is 1. The Balaban J connectivity index is 1.38. The average Bonchev–Trinajstić information content (AvgIpc) is 3.75. The first-order valence-electron chi connectivity index (χ1n) is 15.8. The standard InChI is InChI=1S/C34H51N3O4/c1-4-6-11-28-15-16-29(41-28)14-12-25-13-17-33(39)34(18-25)40-23-32(36-5-2)31-19-27(21-37-31)30(22-35-20-24(3)38)26-9-7-8-10-26/h13,15-19,21,24,26,30,32,35-39H,4-12,14,20,22-23H2,1-3H3/t24-,30+,32-/m0/s1. The number of unbranched alkanes of at least 4 members (excludes halogenated alkanes) is 1. The maximum Gasteiger partial charge on any atom is 0.161 e. The first kappa shape index (κ1) is 31.2. The number of aromatic nitrogens is 1. The van der Waals surface area contributed by atoms with Gasteiger partial charge in [0, 0.05) is 43.7 Å². The molecule has 0 spiro atoms. The van der Waals surface area contributed by atoms with Gasteiger partial charge in [0.05, 0.1) is 12.1 Å². The van der Waals surface area contributed by atoms with E-state index in [1.165, 1.54) is 31.2 Å². The molecular weight excluding hydrogens is 514 g/mol. The number of rotatable bonds is 18. The zero-order valence-electron chi connectivity index (χ0n) is 25.3. The molecule has 7 nitrogen and oxygen atoms in total. The molecule has 41 heavy (non-hydrogen) atoms. The summed E-state index contributed by atoms with van der Waals surface area (Å²) in [5.41, 5.74) is 3.51. The highest BCUT2D eigenvalue weighted by atomic mass is 16.5. The lowest BCUT2D eigenvalue weighted by atomic mass is 9.85. The molecule has 0 bridgehead atoms. The van der Waals surface area contributed by atoms with E-state index in [0.717, 1.165) is 68.0 Å². The van der Waals surface area contributed by atoms with Crippen molar-refractivity contribution < 1.29 is 19.4 Å². The van der Waals surface area contributed by atoms with E-state index < -0.39 is 0 Å². The van der Waals surface area contributed by atoms with Crippen LogP contribution in [0.15, 0.2) is 47.0 Å². The first-order valence-corrected chi connectivity index (χ1v) is 15.8. The van der Waals surface area contributed by atoms with Gasteiger partial charge in [-0.2, -0.15) is 0 Å². The summed E-state index contributed by atoms with van der Waals surface area (Å²) in [5.74, 6) is 3.80. The Kier molecular flexibility index (Phi) is 12.2. The number of ether oxygens (including phenoxy) is 1. The molecule has 2 aromatic heterocycles. The summed E-state index contributed by atoms with van der Waals surface area (Å²) < 4.78 is 12.2. The fourth-order valence-electron chi connectivity index (χ4n) is 6.03. The predicted molar refractivity (Wildman–Crippen MR) is 165 cm³/mol. The van der Waals surface area contributed by atoms with Crippen molar-refractivity contribution in [1.29, 1.82) is 0 Å². The largest absolute Gasteiger partial charge is 0.504 e. The molecular formula is C34H51N3O4. The Bertz CT molecular complexity index is 1160. The number of aromatic amines is 1. The minimum atomic E-state index is -0.347. The van der Waals surface area contributed by atoms with Crippen LogP contribution < -0.4 is 15.4 Å². The number of hydrogen-bond donors (Lipinski definition) is 5. The van der Waals surface area contributed by atoms with Crippen molar-refractivity contribution >= 4 is 0 Å². The molecule has 0 saturated heterocycles. The van der Waals surface area contributed by atoms with Crippen molar-refractivity contribution in [1.82, 2.24) is 15.6 Å². The van der Waals surface area contributed by atoms with Crippen LogP contribution in [0.4, 0.5) is 0 Å². The van der Waals surface area contributed by atoms with Gasteiger partial charge in [-0.15, -0.1) is 0 Å². The molecule has 1 saturated carbocycles. The molecule has 1 aliphatic rings. The number of hydrogen-bond acceptors (Lipinski definition) is 6. The van der Waals surface area contributed by atoms with Crippen molar-refractivity contribution in [3.05, 3.63) is 70.9 Å². The minimum absolute atomic E-state index is 0.0314. The summed E-state index contributed by atoms with van der Waals surface area (Å²) in [4.78, 5) is 3.52. The molecule has 2 heterocycles. The summed E-state index contributed by atoms with van der Waals surface area (Å²) in [7, 11) is 0. The lowest BCUT2D eigenvalue weighted by Gasteiger charge is -2.24. The van der Waals surface area contributed by atoms with Crippen molar-refractivity contribution in [3.8, 4) is 11.5 Å². The fourth-order valence-corrected chi connectivity index (χ4v) is 6.03. The van der Waals surface area contributed by atoms with Crippen LogP contribution in [-0.2, 0) is 19.3 Å². The van der Waals surface area contributed by atoms with Crippen LogP contribution in [0.25, 0.3) is 0 Å². The van der Waals surface area contributed by atoms with Gasteiger partial charge in [-0.05, 0) is 86.5 Å². The van der Waals surface area contributed by atoms with Gasteiger partial charge in [-0.1, -0.05) is 39.2 Å². The highest BCUT2D eigenvalue weighted by molar-refractivity contribution is 5.42. The summed E-state index contributed by atoms with van der Waals surface area (Å²) in [5, 5.41) is 27.3. The topological polar surface area (TPSA) is 103 Å². The van der Waals surface area contributed by atoms with E-state index >= 15 is 0 Å². The number of aryl methyl sites for hydroxylation is 3. The van der Waals surface area contributed by atoms with Crippen LogP contribution >= 0.6 is 0 Å². The Morgan fingerprint density at radius 1 is 1.02 bits per heavy atom. The van der Waals surface area contributed by atoms with Gasteiger partial charge in [-0.25, -0.2) is 0 Å². The van der Waals surface area contributed by atoms with E-state index in [4.69, 9.17) is 9.15 Å². The summed E-state index contributed by atoms with van der Waals surface area (Å²) in [6.45, 7) is 8.80. The average molecular weight is 566 g/mol. The molecule has 3 aromatic rings. The predicted octanol–water partition coefficient (Wildman–Crippen LogP) is 6.41. The first-order chi connectivity index (χ1) is 20.0. The molecule has 4 rings (SSSR count). The van der Waals surface area contributed by atoms with Gasteiger partial charge in [0.25, 0.3) is 0 Å². The SMILES string of the molecule is CCCCc1ccc(CCc2ccc(O)c(OC[C@H](NCC)c3cc([C@H](CNC[C@H](C)O)C4CCCC4)c[nH]3)c2)o1. The normalized spacial score (nSPS) is 16.2.